The van der Waals surface area contributed by atoms with Crippen molar-refractivity contribution in [3.63, 3.8) is 0 Å². The Hall–Kier alpha value is -0.260. The van der Waals surface area contributed by atoms with E-state index in [2.05, 4.69) is 15.7 Å². The van der Waals surface area contributed by atoms with Crippen LogP contribution in [-0.2, 0) is 17.3 Å². The highest BCUT2D eigenvalue weighted by Gasteiger charge is 2.28. The molecule has 0 radical (unpaired) electrons. The minimum atomic E-state index is -0.676. The van der Waals surface area contributed by atoms with Gasteiger partial charge in [-0.05, 0) is 19.8 Å². The van der Waals surface area contributed by atoms with Crippen LogP contribution in [0.1, 0.15) is 43.3 Å². The van der Waals surface area contributed by atoms with E-state index in [1.165, 1.54) is 12.8 Å². The predicted octanol–water partition coefficient (Wildman–Crippen LogP) is 2.62. The maximum atomic E-state index is 12.1. The Labute approximate surface area is 116 Å². The van der Waals surface area contributed by atoms with Crippen LogP contribution in [0.2, 0.25) is 0 Å². The molecule has 102 valence electrons. The first kappa shape index (κ1) is 14.2. The van der Waals surface area contributed by atoms with Crippen LogP contribution in [0.5, 0.6) is 0 Å². The van der Waals surface area contributed by atoms with Crippen molar-refractivity contribution >= 4 is 22.1 Å². The highest BCUT2D eigenvalue weighted by Crippen LogP contribution is 2.23. The first-order chi connectivity index (χ1) is 8.70. The highest BCUT2D eigenvalue weighted by molar-refractivity contribution is 7.85. The molecule has 1 aliphatic rings. The van der Waals surface area contributed by atoms with E-state index >= 15 is 0 Å². The van der Waals surface area contributed by atoms with Crippen molar-refractivity contribution in [3.05, 3.63) is 16.1 Å². The molecule has 2 rings (SSSR count). The van der Waals surface area contributed by atoms with Gasteiger partial charge in [-0.2, -0.15) is 0 Å². The summed E-state index contributed by atoms with van der Waals surface area (Å²) in [7, 11) is -0.676. The molecular weight excluding hydrogens is 264 g/mol. The van der Waals surface area contributed by atoms with Crippen molar-refractivity contribution in [2.45, 2.75) is 57.4 Å². The lowest BCUT2D eigenvalue weighted by atomic mass is 9.95. The summed E-state index contributed by atoms with van der Waals surface area (Å²) in [6.07, 6.45) is 4.74. The van der Waals surface area contributed by atoms with Gasteiger partial charge in [0.2, 0.25) is 0 Å². The second-order valence-electron chi connectivity index (χ2n) is 4.84. The fourth-order valence-corrected chi connectivity index (χ4v) is 4.65. The Balaban J connectivity index is 1.91. The van der Waals surface area contributed by atoms with Crippen molar-refractivity contribution in [2.75, 3.05) is 5.75 Å². The van der Waals surface area contributed by atoms with Crippen LogP contribution in [0.15, 0.2) is 5.38 Å². The molecule has 1 heterocycles. The molecule has 1 fully saturated rings. The maximum absolute atomic E-state index is 12.1. The lowest BCUT2D eigenvalue weighted by Gasteiger charge is -2.31. The molecule has 1 saturated carbocycles. The van der Waals surface area contributed by atoms with E-state index in [1.54, 1.807) is 11.3 Å². The summed E-state index contributed by atoms with van der Waals surface area (Å²) in [6, 6.07) is 0.404. The zero-order chi connectivity index (χ0) is 13.0. The molecule has 0 spiro atoms. The summed E-state index contributed by atoms with van der Waals surface area (Å²) in [6.45, 7) is 4.86. The van der Waals surface area contributed by atoms with E-state index in [4.69, 9.17) is 0 Å². The summed E-state index contributed by atoms with van der Waals surface area (Å²) in [5.41, 5.74) is 1.11. The second-order valence-corrected chi connectivity index (χ2v) is 7.84. The molecule has 1 aromatic heterocycles. The van der Waals surface area contributed by atoms with Gasteiger partial charge in [0.25, 0.3) is 0 Å². The van der Waals surface area contributed by atoms with E-state index in [0.717, 1.165) is 35.8 Å². The van der Waals surface area contributed by atoms with Gasteiger partial charge in [0, 0.05) is 34.5 Å². The van der Waals surface area contributed by atoms with Gasteiger partial charge in [-0.1, -0.05) is 19.8 Å². The van der Waals surface area contributed by atoms with Gasteiger partial charge in [-0.25, -0.2) is 4.98 Å². The topological polar surface area (TPSA) is 42.0 Å². The van der Waals surface area contributed by atoms with E-state index in [1.807, 2.05) is 13.8 Å². The number of thiazole rings is 1. The van der Waals surface area contributed by atoms with E-state index in [-0.39, 0.29) is 0 Å². The number of hydrogen-bond donors (Lipinski definition) is 1. The molecule has 0 aromatic carbocycles. The summed E-state index contributed by atoms with van der Waals surface area (Å²) in [5.74, 6) is 0.776. The summed E-state index contributed by atoms with van der Waals surface area (Å²) in [5, 5.41) is 7.13. The molecule has 0 aliphatic heterocycles. The Kier molecular flexibility index (Phi) is 5.33. The Morgan fingerprint density at radius 1 is 1.50 bits per heavy atom. The smallest absolute Gasteiger partial charge is 0.0897 e. The SMILES string of the molecule is CC[S@](=O)[C@@H]1CCCC[C@H]1NCc1csc(C)n1. The van der Waals surface area contributed by atoms with Crippen LogP contribution in [0.3, 0.4) is 0 Å². The molecule has 0 unspecified atom stereocenters. The predicted molar refractivity (Wildman–Crippen MR) is 78.4 cm³/mol. The third kappa shape index (κ3) is 3.62. The minimum Gasteiger partial charge on any atom is -0.307 e. The Morgan fingerprint density at radius 2 is 2.28 bits per heavy atom. The van der Waals surface area contributed by atoms with Crippen LogP contribution in [0.25, 0.3) is 0 Å². The standard InChI is InChI=1S/C13H22N2OS2/c1-3-18(16)13-7-5-4-6-12(13)14-8-11-9-17-10(2)15-11/h9,12-14H,3-8H2,1-2H3/t12-,13-,18+/m1/s1. The first-order valence-electron chi connectivity index (χ1n) is 6.72. The fourth-order valence-electron chi connectivity index (χ4n) is 2.58. The Morgan fingerprint density at radius 3 is 2.94 bits per heavy atom. The zero-order valence-corrected chi connectivity index (χ0v) is 12.8. The van der Waals surface area contributed by atoms with Crippen LogP contribution >= 0.6 is 11.3 Å². The molecular formula is C13H22N2OS2. The fraction of sp³-hybridized carbons (Fsp3) is 0.769. The second kappa shape index (κ2) is 6.78. The average Bonchev–Trinajstić information content (AvgIpc) is 2.81. The van der Waals surface area contributed by atoms with Gasteiger partial charge in [0.15, 0.2) is 0 Å². The van der Waals surface area contributed by atoms with Crippen LogP contribution < -0.4 is 5.32 Å². The number of nitrogens with zero attached hydrogens (tertiary/aromatic N) is 1. The van der Waals surface area contributed by atoms with Crippen LogP contribution in [0.4, 0.5) is 0 Å². The molecule has 0 amide bonds. The molecule has 1 aromatic rings. The highest BCUT2D eigenvalue weighted by atomic mass is 32.2. The molecule has 18 heavy (non-hydrogen) atoms. The quantitative estimate of drug-likeness (QED) is 0.905. The lowest BCUT2D eigenvalue weighted by Crippen LogP contribution is -2.44. The third-order valence-electron chi connectivity index (χ3n) is 3.54. The maximum Gasteiger partial charge on any atom is 0.0897 e. The van der Waals surface area contributed by atoms with Crippen molar-refractivity contribution in [1.82, 2.24) is 10.3 Å². The summed E-state index contributed by atoms with van der Waals surface area (Å²) < 4.78 is 12.1. The van der Waals surface area contributed by atoms with Crippen molar-refractivity contribution in [1.29, 1.82) is 0 Å². The van der Waals surface area contributed by atoms with Crippen molar-refractivity contribution < 1.29 is 4.21 Å². The number of hydrogen-bond acceptors (Lipinski definition) is 4. The molecule has 5 heteroatoms. The number of rotatable bonds is 5. The number of aryl methyl sites for hydroxylation is 1. The molecule has 0 saturated heterocycles. The summed E-state index contributed by atoms with van der Waals surface area (Å²) in [4.78, 5) is 4.47. The largest absolute Gasteiger partial charge is 0.307 e. The van der Waals surface area contributed by atoms with Crippen molar-refractivity contribution in [2.24, 2.45) is 0 Å². The normalized spacial score (nSPS) is 26.1. The lowest BCUT2D eigenvalue weighted by molar-refractivity contribution is 0.376. The van der Waals surface area contributed by atoms with E-state index in [9.17, 15) is 4.21 Å². The monoisotopic (exact) mass is 286 g/mol. The van der Waals surface area contributed by atoms with Gasteiger partial charge in [-0.15, -0.1) is 11.3 Å². The van der Waals surface area contributed by atoms with Gasteiger partial charge in [0.05, 0.1) is 16.0 Å². The van der Waals surface area contributed by atoms with Crippen LogP contribution in [-0.4, -0.2) is 26.2 Å². The number of nitrogens with one attached hydrogen (secondary N) is 1. The average molecular weight is 286 g/mol. The third-order valence-corrected chi connectivity index (χ3v) is 6.17. The first-order valence-corrected chi connectivity index (χ1v) is 8.98. The Bertz CT molecular complexity index is 405. The van der Waals surface area contributed by atoms with E-state index in [0.29, 0.717) is 11.3 Å². The van der Waals surface area contributed by atoms with Crippen LogP contribution in [0, 0.1) is 6.92 Å². The zero-order valence-electron chi connectivity index (χ0n) is 11.1. The number of aromatic nitrogens is 1. The summed E-state index contributed by atoms with van der Waals surface area (Å²) >= 11 is 1.69. The molecule has 0 bridgehead atoms. The minimum absolute atomic E-state index is 0.337. The van der Waals surface area contributed by atoms with Crippen molar-refractivity contribution in [3.8, 4) is 0 Å². The molecule has 3 atom stereocenters. The van der Waals surface area contributed by atoms with E-state index < -0.39 is 10.8 Å². The van der Waals surface area contributed by atoms with Gasteiger partial charge in [-0.3, -0.25) is 4.21 Å². The molecule has 1 aliphatic carbocycles. The van der Waals surface area contributed by atoms with Gasteiger partial charge >= 0.3 is 0 Å². The van der Waals surface area contributed by atoms with Gasteiger partial charge in [0.1, 0.15) is 0 Å². The molecule has 3 nitrogen and oxygen atoms in total. The molecule has 1 N–H and O–H groups in total. The van der Waals surface area contributed by atoms with Gasteiger partial charge < -0.3 is 5.32 Å².